The van der Waals surface area contributed by atoms with Crippen molar-refractivity contribution in [3.8, 4) is 0 Å². The lowest BCUT2D eigenvalue weighted by molar-refractivity contribution is -0.384. The molecule has 0 radical (unpaired) electrons. The summed E-state index contributed by atoms with van der Waals surface area (Å²) >= 11 is 0. The van der Waals surface area contributed by atoms with Crippen molar-refractivity contribution in [3.05, 3.63) is 70.3 Å². The van der Waals surface area contributed by atoms with E-state index in [2.05, 4.69) is 27.7 Å². The third-order valence-corrected chi connectivity index (χ3v) is 4.89. The van der Waals surface area contributed by atoms with Crippen LogP contribution in [0.5, 0.6) is 0 Å². The van der Waals surface area contributed by atoms with Crippen LogP contribution >= 0.6 is 0 Å². The van der Waals surface area contributed by atoms with Gasteiger partial charge in [-0.25, -0.2) is 4.79 Å². The molecule has 7 nitrogen and oxygen atoms in total. The SMILES string of the molecule is CC(NC(=O)NCC1CCN(c2ccccc2)C1)c1cccc([N+](=O)[O-])c1. The fourth-order valence-corrected chi connectivity index (χ4v) is 3.35. The molecule has 0 aliphatic carbocycles. The third-order valence-electron chi connectivity index (χ3n) is 4.89. The molecule has 1 aliphatic heterocycles. The Morgan fingerprint density at radius 1 is 1.26 bits per heavy atom. The summed E-state index contributed by atoms with van der Waals surface area (Å²) < 4.78 is 0. The Balaban J connectivity index is 1.46. The highest BCUT2D eigenvalue weighted by Gasteiger charge is 2.23. The smallest absolute Gasteiger partial charge is 0.315 e. The number of rotatable bonds is 6. The van der Waals surface area contributed by atoms with Crippen molar-refractivity contribution in [1.82, 2.24) is 10.6 Å². The Kier molecular flexibility index (Phi) is 5.90. The molecule has 1 aliphatic rings. The minimum absolute atomic E-state index is 0.0218. The van der Waals surface area contributed by atoms with E-state index in [4.69, 9.17) is 0 Å². The number of urea groups is 1. The average Bonchev–Trinajstić information content (AvgIpc) is 3.16. The van der Waals surface area contributed by atoms with Crippen LogP contribution in [-0.4, -0.2) is 30.6 Å². The zero-order valence-electron chi connectivity index (χ0n) is 15.3. The van der Waals surface area contributed by atoms with Gasteiger partial charge in [0.1, 0.15) is 0 Å². The summed E-state index contributed by atoms with van der Waals surface area (Å²) in [5, 5.41) is 16.6. The van der Waals surface area contributed by atoms with Gasteiger partial charge in [-0.15, -0.1) is 0 Å². The molecule has 2 unspecified atom stereocenters. The predicted octanol–water partition coefficient (Wildman–Crippen LogP) is 3.48. The van der Waals surface area contributed by atoms with E-state index in [1.54, 1.807) is 12.1 Å². The maximum Gasteiger partial charge on any atom is 0.315 e. The molecule has 0 saturated carbocycles. The molecule has 27 heavy (non-hydrogen) atoms. The second-order valence-electron chi connectivity index (χ2n) is 6.86. The first-order valence-corrected chi connectivity index (χ1v) is 9.11. The fraction of sp³-hybridized carbons (Fsp3) is 0.350. The molecule has 3 rings (SSSR count). The van der Waals surface area contributed by atoms with Crippen LogP contribution in [0.15, 0.2) is 54.6 Å². The highest BCUT2D eigenvalue weighted by molar-refractivity contribution is 5.74. The number of nitrogens with zero attached hydrogens (tertiary/aromatic N) is 2. The van der Waals surface area contributed by atoms with Gasteiger partial charge >= 0.3 is 6.03 Å². The second kappa shape index (κ2) is 8.53. The minimum Gasteiger partial charge on any atom is -0.371 e. The number of hydrogen-bond acceptors (Lipinski definition) is 4. The maximum absolute atomic E-state index is 12.2. The van der Waals surface area contributed by atoms with E-state index in [1.807, 2.05) is 25.1 Å². The molecule has 7 heteroatoms. The molecule has 142 valence electrons. The first kappa shape index (κ1) is 18.7. The quantitative estimate of drug-likeness (QED) is 0.604. The van der Waals surface area contributed by atoms with Crippen molar-refractivity contribution < 1.29 is 9.72 Å². The van der Waals surface area contributed by atoms with Crippen molar-refractivity contribution in [3.63, 3.8) is 0 Å². The number of nitro benzene ring substituents is 1. The lowest BCUT2D eigenvalue weighted by atomic mass is 10.1. The first-order chi connectivity index (χ1) is 13.0. The van der Waals surface area contributed by atoms with Crippen LogP contribution in [-0.2, 0) is 0 Å². The fourth-order valence-electron chi connectivity index (χ4n) is 3.35. The van der Waals surface area contributed by atoms with Crippen molar-refractivity contribution in [2.24, 2.45) is 5.92 Å². The van der Waals surface area contributed by atoms with Gasteiger partial charge in [-0.2, -0.15) is 0 Å². The maximum atomic E-state index is 12.2. The van der Waals surface area contributed by atoms with Crippen molar-refractivity contribution >= 4 is 17.4 Å². The lowest BCUT2D eigenvalue weighted by Gasteiger charge is -2.19. The van der Waals surface area contributed by atoms with Crippen molar-refractivity contribution in [2.75, 3.05) is 24.5 Å². The molecule has 2 amide bonds. The van der Waals surface area contributed by atoms with Gasteiger partial charge in [0.05, 0.1) is 11.0 Å². The molecule has 2 N–H and O–H groups in total. The third kappa shape index (κ3) is 4.97. The van der Waals surface area contributed by atoms with E-state index in [1.165, 1.54) is 17.8 Å². The van der Waals surface area contributed by atoms with Gasteiger partial charge < -0.3 is 15.5 Å². The first-order valence-electron chi connectivity index (χ1n) is 9.11. The molecule has 2 aromatic rings. The van der Waals surface area contributed by atoms with Crippen LogP contribution in [0.25, 0.3) is 0 Å². The van der Waals surface area contributed by atoms with Gasteiger partial charge in [-0.1, -0.05) is 30.3 Å². The Hall–Kier alpha value is -3.09. The molecule has 1 saturated heterocycles. The number of benzene rings is 2. The van der Waals surface area contributed by atoms with Crippen LogP contribution < -0.4 is 15.5 Å². The van der Waals surface area contributed by atoms with E-state index in [9.17, 15) is 14.9 Å². The Labute approximate surface area is 158 Å². The monoisotopic (exact) mass is 368 g/mol. The molecule has 1 heterocycles. The van der Waals surface area contributed by atoms with Gasteiger partial charge in [0.2, 0.25) is 0 Å². The number of amides is 2. The van der Waals surface area contributed by atoms with E-state index < -0.39 is 4.92 Å². The Morgan fingerprint density at radius 2 is 2.04 bits per heavy atom. The highest BCUT2D eigenvalue weighted by atomic mass is 16.6. The van der Waals surface area contributed by atoms with Crippen molar-refractivity contribution in [1.29, 1.82) is 0 Å². The van der Waals surface area contributed by atoms with Gasteiger partial charge in [0, 0.05) is 37.5 Å². The van der Waals surface area contributed by atoms with Crippen LogP contribution in [0.4, 0.5) is 16.2 Å². The van der Waals surface area contributed by atoms with Crippen molar-refractivity contribution in [2.45, 2.75) is 19.4 Å². The Bertz CT molecular complexity index is 797. The number of hydrogen-bond donors (Lipinski definition) is 2. The molecule has 1 fully saturated rings. The highest BCUT2D eigenvalue weighted by Crippen LogP contribution is 2.23. The number of non-ortho nitro benzene ring substituents is 1. The average molecular weight is 368 g/mol. The lowest BCUT2D eigenvalue weighted by Crippen LogP contribution is -2.40. The number of nitrogens with one attached hydrogen (secondary N) is 2. The summed E-state index contributed by atoms with van der Waals surface area (Å²) in [6, 6.07) is 16.0. The van der Waals surface area contributed by atoms with E-state index in [-0.39, 0.29) is 17.8 Å². The minimum atomic E-state index is -0.436. The summed E-state index contributed by atoms with van der Waals surface area (Å²) in [6.07, 6.45) is 1.04. The normalized spacial score (nSPS) is 17.4. The number of para-hydroxylation sites is 1. The molecule has 2 aromatic carbocycles. The van der Waals surface area contributed by atoms with E-state index in [0.717, 1.165) is 19.5 Å². The van der Waals surface area contributed by atoms with Gasteiger partial charge in [0.25, 0.3) is 5.69 Å². The van der Waals surface area contributed by atoms with Crippen LogP contribution in [0.2, 0.25) is 0 Å². The summed E-state index contributed by atoms with van der Waals surface area (Å²) in [5.74, 6) is 0.407. The van der Waals surface area contributed by atoms with Gasteiger partial charge in [-0.05, 0) is 37.0 Å². The zero-order valence-corrected chi connectivity index (χ0v) is 15.3. The molecule has 0 bridgehead atoms. The van der Waals surface area contributed by atoms with E-state index >= 15 is 0 Å². The summed E-state index contributed by atoms with van der Waals surface area (Å²) in [6.45, 7) is 4.33. The zero-order chi connectivity index (χ0) is 19.2. The van der Waals surface area contributed by atoms with E-state index in [0.29, 0.717) is 18.0 Å². The molecule has 0 spiro atoms. The van der Waals surface area contributed by atoms with Gasteiger partial charge in [-0.3, -0.25) is 10.1 Å². The Morgan fingerprint density at radius 3 is 2.78 bits per heavy atom. The summed E-state index contributed by atoms with van der Waals surface area (Å²) in [5.41, 5.74) is 1.94. The topological polar surface area (TPSA) is 87.5 Å². The number of carbonyl (C=O) groups excluding carboxylic acids is 1. The number of nitro groups is 1. The molecule has 2 atom stereocenters. The largest absolute Gasteiger partial charge is 0.371 e. The second-order valence-corrected chi connectivity index (χ2v) is 6.86. The number of carbonyl (C=O) groups is 1. The molecular weight excluding hydrogens is 344 g/mol. The van der Waals surface area contributed by atoms with Crippen LogP contribution in [0, 0.1) is 16.0 Å². The number of anilines is 1. The van der Waals surface area contributed by atoms with Crippen LogP contribution in [0.1, 0.15) is 24.9 Å². The molecule has 0 aromatic heterocycles. The van der Waals surface area contributed by atoms with Gasteiger partial charge in [0.15, 0.2) is 0 Å². The summed E-state index contributed by atoms with van der Waals surface area (Å²) in [7, 11) is 0. The standard InChI is InChI=1S/C20H24N4O3/c1-15(17-6-5-9-19(12-17)24(26)27)22-20(25)21-13-16-10-11-23(14-16)18-7-3-2-4-8-18/h2-9,12,15-16H,10-11,13-14H2,1H3,(H2,21,22,25). The molecular formula is C20H24N4O3. The predicted molar refractivity (Wildman–Crippen MR) is 105 cm³/mol. The summed E-state index contributed by atoms with van der Waals surface area (Å²) in [4.78, 5) is 25.0. The van der Waals surface area contributed by atoms with Crippen LogP contribution in [0.3, 0.4) is 0 Å².